The van der Waals surface area contributed by atoms with Gasteiger partial charge >= 0.3 is 12.1 Å². The molecule has 1 amide bonds. The topological polar surface area (TPSA) is 67.4 Å². The number of nitrogens with one attached hydrogen (secondary N) is 2. The minimum absolute atomic E-state index is 0.194. The highest BCUT2D eigenvalue weighted by Crippen LogP contribution is 2.11. The molecule has 5 nitrogen and oxygen atoms in total. The van der Waals surface area contributed by atoms with Crippen molar-refractivity contribution in [3.8, 4) is 0 Å². The molecule has 1 saturated heterocycles. The van der Waals surface area contributed by atoms with Gasteiger partial charge in [-0.15, -0.1) is 0 Å². The van der Waals surface area contributed by atoms with E-state index in [1.54, 1.807) is 0 Å². The van der Waals surface area contributed by atoms with E-state index in [2.05, 4.69) is 10.6 Å². The van der Waals surface area contributed by atoms with Crippen molar-refractivity contribution in [2.45, 2.75) is 25.4 Å². The smallest absolute Gasteiger partial charge is 0.375 e. The Hall–Kier alpha value is -1.88. The number of alkyl carbamates (subject to hydrolysis) is 1. The quantitative estimate of drug-likeness (QED) is 0.626. The second-order valence-electron chi connectivity index (χ2n) is 4.28. The maximum atomic E-state index is 11.5. The Balaban J connectivity index is 1.82. The van der Waals surface area contributed by atoms with Gasteiger partial charge in [0.2, 0.25) is 0 Å². The van der Waals surface area contributed by atoms with Crippen molar-refractivity contribution in [2.75, 3.05) is 6.54 Å². The van der Waals surface area contributed by atoms with Crippen LogP contribution in [0.4, 0.5) is 4.79 Å². The minimum Gasteiger partial charge on any atom is -0.375 e. The molecule has 0 aliphatic carbocycles. The van der Waals surface area contributed by atoms with E-state index in [0.29, 0.717) is 0 Å². The van der Waals surface area contributed by atoms with Crippen molar-refractivity contribution in [1.29, 1.82) is 0 Å². The average molecular weight is 248 g/mol. The first-order valence-corrected chi connectivity index (χ1v) is 5.97. The van der Waals surface area contributed by atoms with E-state index in [4.69, 9.17) is 4.74 Å². The van der Waals surface area contributed by atoms with Gasteiger partial charge in [0.05, 0.1) is 6.04 Å². The van der Waals surface area contributed by atoms with Gasteiger partial charge in [0, 0.05) is 0 Å². The molecule has 2 rings (SSSR count). The molecule has 18 heavy (non-hydrogen) atoms. The molecule has 1 aromatic rings. The number of hydrogen-bond acceptors (Lipinski definition) is 4. The summed E-state index contributed by atoms with van der Waals surface area (Å²) in [5, 5.41) is 5.50. The van der Waals surface area contributed by atoms with Gasteiger partial charge in [-0.3, -0.25) is 0 Å². The Morgan fingerprint density at radius 3 is 2.61 bits per heavy atom. The average Bonchev–Trinajstić information content (AvgIpc) is 2.27. The standard InChI is InChI=1S/C13H16N2O3/c1-9(10-5-3-2-4-6-10)15-13(17)18-12(16)11-7-8-14-11/h2-6,9,11,14H,7-8H2,1H3,(H,15,17)/t9-,11?/m1/s1. The summed E-state index contributed by atoms with van der Waals surface area (Å²) in [7, 11) is 0. The third kappa shape index (κ3) is 3.07. The maximum Gasteiger partial charge on any atom is 0.415 e. The molecule has 0 spiro atoms. The fourth-order valence-electron chi connectivity index (χ4n) is 1.68. The molecule has 0 radical (unpaired) electrons. The van der Waals surface area contributed by atoms with Crippen LogP contribution in [0.25, 0.3) is 0 Å². The molecule has 5 heteroatoms. The highest BCUT2D eigenvalue weighted by atomic mass is 16.6. The van der Waals surface area contributed by atoms with Crippen LogP contribution in [0, 0.1) is 0 Å². The number of carbonyl (C=O) groups is 2. The lowest BCUT2D eigenvalue weighted by Gasteiger charge is -2.25. The SMILES string of the molecule is C[C@@H](NC(=O)OC(=O)C1CCN1)c1ccccc1. The number of carbonyl (C=O) groups excluding carboxylic acids is 2. The molecule has 1 heterocycles. The first-order valence-electron chi connectivity index (χ1n) is 5.97. The number of benzene rings is 1. The van der Waals surface area contributed by atoms with Crippen molar-refractivity contribution in [3.05, 3.63) is 35.9 Å². The van der Waals surface area contributed by atoms with Gasteiger partial charge in [0.15, 0.2) is 0 Å². The number of amides is 1. The first-order chi connectivity index (χ1) is 8.66. The summed E-state index contributed by atoms with van der Waals surface area (Å²) in [4.78, 5) is 22.9. The molecule has 2 N–H and O–H groups in total. The highest BCUT2D eigenvalue weighted by molar-refractivity contribution is 5.88. The van der Waals surface area contributed by atoms with E-state index in [1.165, 1.54) is 0 Å². The van der Waals surface area contributed by atoms with Gasteiger partial charge in [-0.1, -0.05) is 30.3 Å². The van der Waals surface area contributed by atoms with E-state index >= 15 is 0 Å². The molecule has 1 fully saturated rings. The van der Waals surface area contributed by atoms with Gasteiger partial charge in [0.25, 0.3) is 0 Å². The zero-order valence-electron chi connectivity index (χ0n) is 10.2. The second kappa shape index (κ2) is 5.64. The van der Waals surface area contributed by atoms with Gasteiger partial charge in [-0.2, -0.15) is 0 Å². The first kappa shape index (κ1) is 12.6. The van der Waals surface area contributed by atoms with E-state index in [9.17, 15) is 9.59 Å². The largest absolute Gasteiger partial charge is 0.415 e. The van der Waals surface area contributed by atoms with Crippen LogP contribution in [-0.4, -0.2) is 24.6 Å². The summed E-state index contributed by atoms with van der Waals surface area (Å²) in [5.74, 6) is -0.515. The predicted octanol–water partition coefficient (Wildman–Crippen LogP) is 1.36. The summed E-state index contributed by atoms with van der Waals surface area (Å²) in [5.41, 5.74) is 0.962. The molecule has 0 aromatic heterocycles. The molecular weight excluding hydrogens is 232 g/mol. The fourth-order valence-corrected chi connectivity index (χ4v) is 1.68. The minimum atomic E-state index is -0.704. The molecule has 0 saturated carbocycles. The molecular formula is C13H16N2O3. The zero-order valence-corrected chi connectivity index (χ0v) is 10.2. The Morgan fingerprint density at radius 2 is 2.06 bits per heavy atom. The van der Waals surface area contributed by atoms with E-state index in [1.807, 2.05) is 37.3 Å². The lowest BCUT2D eigenvalue weighted by Crippen LogP contribution is -2.50. The number of hydrogen-bond donors (Lipinski definition) is 2. The normalized spacial score (nSPS) is 19.5. The van der Waals surface area contributed by atoms with Crippen LogP contribution in [0.3, 0.4) is 0 Å². The van der Waals surface area contributed by atoms with Crippen molar-refractivity contribution in [3.63, 3.8) is 0 Å². The van der Waals surface area contributed by atoms with Crippen LogP contribution >= 0.6 is 0 Å². The van der Waals surface area contributed by atoms with Gasteiger partial charge in [-0.05, 0) is 25.5 Å². The van der Waals surface area contributed by atoms with Crippen molar-refractivity contribution in [1.82, 2.24) is 10.6 Å². The zero-order chi connectivity index (χ0) is 13.0. The Bertz CT molecular complexity index is 429. The summed E-state index contributed by atoms with van der Waals surface area (Å²) in [6, 6.07) is 8.97. The molecule has 96 valence electrons. The van der Waals surface area contributed by atoms with Gasteiger partial charge < -0.3 is 15.4 Å². The van der Waals surface area contributed by atoms with Crippen molar-refractivity contribution in [2.24, 2.45) is 0 Å². The number of esters is 1. The Labute approximate surface area is 106 Å². The summed E-state index contributed by atoms with van der Waals surface area (Å²) >= 11 is 0. The van der Waals surface area contributed by atoms with Crippen LogP contribution < -0.4 is 10.6 Å². The van der Waals surface area contributed by atoms with E-state index in [0.717, 1.165) is 18.5 Å². The fraction of sp³-hybridized carbons (Fsp3) is 0.385. The van der Waals surface area contributed by atoms with Crippen LogP contribution in [0.5, 0.6) is 0 Å². The van der Waals surface area contributed by atoms with Crippen LogP contribution in [-0.2, 0) is 9.53 Å². The maximum absolute atomic E-state index is 11.5. The Morgan fingerprint density at radius 1 is 1.39 bits per heavy atom. The van der Waals surface area contributed by atoms with Crippen LogP contribution in [0.15, 0.2) is 30.3 Å². The monoisotopic (exact) mass is 248 g/mol. The van der Waals surface area contributed by atoms with Crippen LogP contribution in [0.2, 0.25) is 0 Å². The molecule has 1 aliphatic rings. The second-order valence-corrected chi connectivity index (χ2v) is 4.28. The van der Waals surface area contributed by atoms with Crippen LogP contribution in [0.1, 0.15) is 24.9 Å². The molecule has 1 aromatic carbocycles. The number of rotatable bonds is 3. The third-order valence-corrected chi connectivity index (χ3v) is 2.94. The van der Waals surface area contributed by atoms with Gasteiger partial charge in [0.1, 0.15) is 6.04 Å². The third-order valence-electron chi connectivity index (χ3n) is 2.94. The summed E-state index contributed by atoms with van der Waals surface area (Å²) in [6.07, 6.45) is 0.0189. The van der Waals surface area contributed by atoms with E-state index in [-0.39, 0.29) is 12.1 Å². The molecule has 0 bridgehead atoms. The highest BCUT2D eigenvalue weighted by Gasteiger charge is 2.28. The summed E-state index contributed by atoms with van der Waals surface area (Å²) < 4.78 is 4.69. The predicted molar refractivity (Wildman–Crippen MR) is 65.9 cm³/mol. The van der Waals surface area contributed by atoms with Crippen molar-refractivity contribution < 1.29 is 14.3 Å². The lowest BCUT2D eigenvalue weighted by molar-refractivity contribution is -0.141. The molecule has 1 unspecified atom stereocenters. The molecule has 1 aliphatic heterocycles. The lowest BCUT2D eigenvalue weighted by atomic mass is 10.1. The van der Waals surface area contributed by atoms with E-state index < -0.39 is 12.1 Å². The summed E-state index contributed by atoms with van der Waals surface area (Å²) in [6.45, 7) is 2.63. The number of ether oxygens (including phenoxy) is 1. The van der Waals surface area contributed by atoms with Gasteiger partial charge in [-0.25, -0.2) is 9.59 Å². The molecule has 2 atom stereocenters. The van der Waals surface area contributed by atoms with Crippen molar-refractivity contribution >= 4 is 12.1 Å². The Kier molecular flexibility index (Phi) is 3.94.